The molecule has 0 spiro atoms. The minimum atomic E-state index is -5.88. The molecule has 1 aromatic heterocycles. The fourth-order valence-electron chi connectivity index (χ4n) is 4.56. The van der Waals surface area contributed by atoms with E-state index in [0.717, 1.165) is 37.5 Å². The molecule has 3 aromatic carbocycles. The average Bonchev–Trinajstić information content (AvgIpc) is 2.83. The number of benzene rings is 3. The van der Waals surface area contributed by atoms with Gasteiger partial charge in [-0.15, -0.1) is 0 Å². The van der Waals surface area contributed by atoms with Gasteiger partial charge in [-0.25, -0.2) is 9.97 Å². The van der Waals surface area contributed by atoms with Crippen molar-refractivity contribution in [1.82, 2.24) is 9.97 Å². The van der Waals surface area contributed by atoms with Gasteiger partial charge in [0.1, 0.15) is 5.82 Å². The highest BCUT2D eigenvalue weighted by Crippen LogP contribution is 2.42. The summed E-state index contributed by atoms with van der Waals surface area (Å²) in [5, 5.41) is 1.86. The molecule has 5 rings (SSSR count). The minimum Gasteiger partial charge on any atom is -0.375 e. The molecule has 1 aliphatic rings. The average molecular weight is 487 g/mol. The first-order valence-electron chi connectivity index (χ1n) is 11.0. The lowest BCUT2D eigenvalue weighted by atomic mass is 9.88. The summed E-state index contributed by atoms with van der Waals surface area (Å²) in [6, 6.07) is 17.0. The quantitative estimate of drug-likeness (QED) is 0.236. The summed E-state index contributed by atoms with van der Waals surface area (Å²) in [6.45, 7) is 0. The maximum absolute atomic E-state index is 13.2. The van der Waals surface area contributed by atoms with E-state index in [-0.39, 0.29) is 11.5 Å². The van der Waals surface area contributed by atoms with Crippen LogP contribution in [0.1, 0.15) is 43.8 Å². The van der Waals surface area contributed by atoms with E-state index in [9.17, 15) is 21.6 Å². The number of alkyl halides is 3. The summed E-state index contributed by atoms with van der Waals surface area (Å²) in [7, 11) is -5.88. The molecule has 5 nitrogen and oxygen atoms in total. The van der Waals surface area contributed by atoms with Crippen LogP contribution >= 0.6 is 0 Å². The van der Waals surface area contributed by atoms with Gasteiger partial charge in [-0.3, -0.25) is 0 Å². The van der Waals surface area contributed by atoms with Crippen molar-refractivity contribution in [3.63, 3.8) is 0 Å². The maximum Gasteiger partial charge on any atom is 0.534 e. The van der Waals surface area contributed by atoms with Crippen molar-refractivity contribution in [1.29, 1.82) is 0 Å². The normalized spacial score (nSPS) is 15.6. The first kappa shape index (κ1) is 22.6. The molecule has 0 unspecified atom stereocenters. The Labute approximate surface area is 194 Å². The molecule has 0 atom stereocenters. The summed E-state index contributed by atoms with van der Waals surface area (Å²) in [5.74, 6) is 0.329. The highest BCUT2D eigenvalue weighted by atomic mass is 32.2. The van der Waals surface area contributed by atoms with Crippen LogP contribution < -0.4 is 4.18 Å². The predicted molar refractivity (Wildman–Crippen MR) is 124 cm³/mol. The monoisotopic (exact) mass is 486 g/mol. The van der Waals surface area contributed by atoms with Crippen LogP contribution in [-0.2, 0) is 10.1 Å². The summed E-state index contributed by atoms with van der Waals surface area (Å²) in [4.78, 5) is 9.59. The van der Waals surface area contributed by atoms with Gasteiger partial charge in [0.2, 0.25) is 0 Å². The van der Waals surface area contributed by atoms with Crippen LogP contribution in [0.25, 0.3) is 32.9 Å². The van der Waals surface area contributed by atoms with Crippen LogP contribution in [0.4, 0.5) is 13.2 Å². The van der Waals surface area contributed by atoms with Crippen molar-refractivity contribution in [2.24, 2.45) is 0 Å². The number of hydrogen-bond donors (Lipinski definition) is 0. The minimum absolute atomic E-state index is 0.135. The second kappa shape index (κ2) is 8.54. The van der Waals surface area contributed by atoms with E-state index in [2.05, 4.69) is 4.18 Å². The van der Waals surface area contributed by atoms with Gasteiger partial charge in [0.25, 0.3) is 0 Å². The Morgan fingerprint density at radius 2 is 1.50 bits per heavy atom. The van der Waals surface area contributed by atoms with Gasteiger partial charge in [-0.05, 0) is 35.7 Å². The number of rotatable bonds is 4. The van der Waals surface area contributed by atoms with Gasteiger partial charge >= 0.3 is 15.6 Å². The molecule has 9 heteroatoms. The number of fused-ring (bicyclic) bond motifs is 2. The zero-order chi connectivity index (χ0) is 23.9. The molecular formula is C25H21F3N2O3S. The van der Waals surface area contributed by atoms with Crippen molar-refractivity contribution < 1.29 is 25.8 Å². The number of halogens is 3. The van der Waals surface area contributed by atoms with Crippen LogP contribution in [0, 0.1) is 0 Å². The third-order valence-corrected chi connectivity index (χ3v) is 7.17. The fraction of sp³-hybridized carbons (Fsp3) is 0.280. The van der Waals surface area contributed by atoms with E-state index < -0.39 is 21.4 Å². The molecule has 1 heterocycles. The number of aromatic nitrogens is 2. The molecule has 1 fully saturated rings. The number of nitrogens with zero attached hydrogens (tertiary/aromatic N) is 2. The van der Waals surface area contributed by atoms with Crippen molar-refractivity contribution >= 4 is 31.8 Å². The summed E-state index contributed by atoms with van der Waals surface area (Å²) in [6.07, 6.45) is 5.12. The van der Waals surface area contributed by atoms with E-state index in [1.165, 1.54) is 12.1 Å². The predicted octanol–water partition coefficient (Wildman–Crippen LogP) is 6.73. The largest absolute Gasteiger partial charge is 0.534 e. The lowest BCUT2D eigenvalue weighted by molar-refractivity contribution is -0.0499. The second-order valence-corrected chi connectivity index (χ2v) is 9.96. The van der Waals surface area contributed by atoms with Crippen molar-refractivity contribution in [2.75, 3.05) is 0 Å². The van der Waals surface area contributed by atoms with E-state index in [0.29, 0.717) is 27.8 Å². The van der Waals surface area contributed by atoms with Gasteiger partial charge in [0.15, 0.2) is 5.75 Å². The van der Waals surface area contributed by atoms with E-state index >= 15 is 0 Å². The smallest absolute Gasteiger partial charge is 0.375 e. The zero-order valence-electron chi connectivity index (χ0n) is 18.0. The molecule has 0 aliphatic heterocycles. The zero-order valence-corrected chi connectivity index (χ0v) is 18.9. The van der Waals surface area contributed by atoms with Crippen LogP contribution in [0.5, 0.6) is 5.75 Å². The molecule has 0 bridgehead atoms. The molecule has 34 heavy (non-hydrogen) atoms. The van der Waals surface area contributed by atoms with Gasteiger partial charge in [-0.1, -0.05) is 67.8 Å². The number of para-hydroxylation sites is 1. The van der Waals surface area contributed by atoms with Crippen LogP contribution in [0.15, 0.2) is 60.7 Å². The Kier molecular flexibility index (Phi) is 5.67. The van der Waals surface area contributed by atoms with E-state index in [1.54, 1.807) is 36.4 Å². The lowest BCUT2D eigenvalue weighted by Gasteiger charge is -2.22. The van der Waals surface area contributed by atoms with E-state index in [4.69, 9.17) is 9.97 Å². The summed E-state index contributed by atoms with van der Waals surface area (Å²) in [5.41, 5.74) is -4.36. The van der Waals surface area contributed by atoms with Gasteiger partial charge < -0.3 is 4.18 Å². The van der Waals surface area contributed by atoms with E-state index in [1.807, 2.05) is 12.1 Å². The molecule has 1 saturated carbocycles. The first-order chi connectivity index (χ1) is 16.2. The molecule has 0 N–H and O–H groups in total. The fourth-order valence-corrected chi connectivity index (χ4v) is 5.03. The SMILES string of the molecule is O=S(=O)(Oc1ccc2ccccc2c1-c1nc(C2CCCCC2)nc2ccccc12)C(F)(F)F. The van der Waals surface area contributed by atoms with Crippen molar-refractivity contribution in [3.05, 3.63) is 66.5 Å². The Bertz CT molecular complexity index is 1480. The summed E-state index contributed by atoms with van der Waals surface area (Å²) >= 11 is 0. The van der Waals surface area contributed by atoms with Crippen molar-refractivity contribution in [3.8, 4) is 17.0 Å². The first-order valence-corrected chi connectivity index (χ1v) is 12.4. The molecule has 0 amide bonds. The second-order valence-electron chi connectivity index (χ2n) is 8.43. The third kappa shape index (κ3) is 4.09. The maximum atomic E-state index is 13.2. The van der Waals surface area contributed by atoms with Crippen LogP contribution in [0.2, 0.25) is 0 Å². The van der Waals surface area contributed by atoms with Gasteiger partial charge in [0, 0.05) is 11.3 Å². The molecule has 1 aliphatic carbocycles. The lowest BCUT2D eigenvalue weighted by Crippen LogP contribution is -2.28. The highest BCUT2D eigenvalue weighted by Gasteiger charge is 2.49. The Balaban J connectivity index is 1.80. The molecule has 176 valence electrons. The molecular weight excluding hydrogens is 465 g/mol. The highest BCUT2D eigenvalue weighted by molar-refractivity contribution is 7.88. The number of hydrogen-bond acceptors (Lipinski definition) is 5. The Morgan fingerprint density at radius 3 is 2.24 bits per heavy atom. The Hall–Kier alpha value is -3.20. The van der Waals surface area contributed by atoms with Gasteiger partial charge in [0.05, 0.1) is 16.8 Å². The third-order valence-electron chi connectivity index (χ3n) is 6.20. The van der Waals surface area contributed by atoms with Gasteiger partial charge in [-0.2, -0.15) is 21.6 Å². The molecule has 0 radical (unpaired) electrons. The Morgan fingerprint density at radius 1 is 0.824 bits per heavy atom. The molecule has 4 aromatic rings. The topological polar surface area (TPSA) is 69.2 Å². The standard InChI is InChI=1S/C25H21F3N2O3S/c26-25(27,28)34(31,32)33-21-15-14-16-8-4-5-11-18(16)22(21)23-19-12-6-7-13-20(19)29-24(30-23)17-9-2-1-3-10-17/h4-8,11-15,17H,1-3,9-10H2. The van der Waals surface area contributed by atoms with Crippen LogP contribution in [-0.4, -0.2) is 23.9 Å². The van der Waals surface area contributed by atoms with Crippen LogP contribution in [0.3, 0.4) is 0 Å². The van der Waals surface area contributed by atoms with Crippen molar-refractivity contribution in [2.45, 2.75) is 43.5 Å². The molecule has 0 saturated heterocycles. The summed E-state index contributed by atoms with van der Waals surface area (Å²) < 4.78 is 68.1.